The second kappa shape index (κ2) is 12.3. The van der Waals surface area contributed by atoms with Crippen molar-refractivity contribution in [3.63, 3.8) is 0 Å². The zero-order valence-corrected chi connectivity index (χ0v) is 21.7. The number of amides is 1. The first-order chi connectivity index (χ1) is 16.6. The minimum Gasteiger partial charge on any atom is -0.459 e. The second-order valence-corrected chi connectivity index (χ2v) is 10.3. The van der Waals surface area contributed by atoms with Gasteiger partial charge in [0.2, 0.25) is 5.91 Å². The van der Waals surface area contributed by atoms with Crippen molar-refractivity contribution < 1.29 is 28.5 Å². The lowest BCUT2D eigenvalue weighted by Crippen LogP contribution is -2.50. The van der Waals surface area contributed by atoms with E-state index in [0.717, 1.165) is 32.3 Å². The summed E-state index contributed by atoms with van der Waals surface area (Å²) in [6.45, 7) is 10.6. The summed E-state index contributed by atoms with van der Waals surface area (Å²) in [6.07, 6.45) is 12.5. The maximum atomic E-state index is 12.3. The van der Waals surface area contributed by atoms with Gasteiger partial charge in [0, 0.05) is 32.4 Å². The summed E-state index contributed by atoms with van der Waals surface area (Å²) in [6, 6.07) is -0.0664. The predicted molar refractivity (Wildman–Crippen MR) is 134 cm³/mol. The number of hydrogen-bond donors (Lipinski definition) is 2. The van der Waals surface area contributed by atoms with E-state index in [0.29, 0.717) is 12.5 Å². The van der Waals surface area contributed by atoms with Crippen LogP contribution in [0.3, 0.4) is 0 Å². The molecule has 1 amide bonds. The van der Waals surface area contributed by atoms with Crippen molar-refractivity contribution in [2.75, 3.05) is 13.2 Å². The highest BCUT2D eigenvalue weighted by Gasteiger charge is 2.50. The number of carbonyl (C=O) groups is 2. The summed E-state index contributed by atoms with van der Waals surface area (Å²) in [5.41, 5.74) is 6.98. The monoisotopic (exact) mass is 490 g/mol. The van der Waals surface area contributed by atoms with Gasteiger partial charge in [0.25, 0.3) is 0 Å². The van der Waals surface area contributed by atoms with Gasteiger partial charge in [0.15, 0.2) is 0 Å². The van der Waals surface area contributed by atoms with E-state index in [1.807, 2.05) is 6.92 Å². The molecule has 3 aliphatic heterocycles. The lowest BCUT2D eigenvalue weighted by atomic mass is 9.88. The molecule has 3 heterocycles. The van der Waals surface area contributed by atoms with Crippen LogP contribution >= 0.6 is 0 Å². The fourth-order valence-corrected chi connectivity index (χ4v) is 4.90. The molecule has 0 bridgehead atoms. The van der Waals surface area contributed by atoms with Crippen molar-refractivity contribution in [3.8, 4) is 0 Å². The van der Waals surface area contributed by atoms with Gasteiger partial charge >= 0.3 is 5.97 Å². The molecular weight excluding hydrogens is 448 g/mol. The molecule has 0 unspecified atom stereocenters. The van der Waals surface area contributed by atoms with E-state index in [-0.39, 0.29) is 47.9 Å². The molecule has 3 fully saturated rings. The van der Waals surface area contributed by atoms with E-state index in [1.165, 1.54) is 18.6 Å². The molecular formula is C27H42N2O6. The van der Waals surface area contributed by atoms with Gasteiger partial charge in [-0.3, -0.25) is 9.59 Å². The lowest BCUT2D eigenvalue weighted by molar-refractivity contribution is -0.143. The fraction of sp³-hybridized carbons (Fsp3) is 0.704. The molecule has 0 radical (unpaired) electrons. The number of rotatable bonds is 9. The van der Waals surface area contributed by atoms with Crippen molar-refractivity contribution in [2.45, 2.75) is 102 Å². The molecule has 35 heavy (non-hydrogen) atoms. The van der Waals surface area contributed by atoms with Crippen LogP contribution in [-0.4, -0.2) is 67.2 Å². The summed E-state index contributed by atoms with van der Waals surface area (Å²) >= 11 is 0. The second-order valence-electron chi connectivity index (χ2n) is 10.3. The summed E-state index contributed by atoms with van der Waals surface area (Å²) in [7, 11) is 0. The number of nitrogens with two attached hydrogens (primary N) is 1. The number of hydrogen-bond acceptors (Lipinski definition) is 7. The van der Waals surface area contributed by atoms with E-state index in [4.69, 9.17) is 24.7 Å². The van der Waals surface area contributed by atoms with Crippen LogP contribution < -0.4 is 11.1 Å². The minimum absolute atomic E-state index is 0.0151. The molecule has 3 aliphatic rings. The summed E-state index contributed by atoms with van der Waals surface area (Å²) in [5.74, 6) is -0.288. The first-order valence-corrected chi connectivity index (χ1v) is 12.7. The zero-order chi connectivity index (χ0) is 25.6. The third-order valence-corrected chi connectivity index (χ3v) is 7.02. The molecule has 8 atom stereocenters. The highest BCUT2D eigenvalue weighted by molar-refractivity contribution is 5.87. The molecule has 1 spiro atoms. The zero-order valence-electron chi connectivity index (χ0n) is 21.7. The maximum absolute atomic E-state index is 12.3. The van der Waals surface area contributed by atoms with Crippen LogP contribution in [0.1, 0.15) is 60.3 Å². The average molecular weight is 491 g/mol. The molecule has 0 aromatic rings. The Balaban J connectivity index is 1.45. The number of ether oxygens (including phenoxy) is 4. The Hall–Kier alpha value is -2.00. The topological polar surface area (TPSA) is 112 Å². The van der Waals surface area contributed by atoms with Crippen LogP contribution in [0.4, 0.5) is 0 Å². The Labute approximate surface area is 209 Å². The Morgan fingerprint density at radius 3 is 2.60 bits per heavy atom. The molecule has 8 nitrogen and oxygen atoms in total. The molecule has 3 N–H and O–H groups in total. The summed E-state index contributed by atoms with van der Waals surface area (Å²) in [5, 5.41) is 3.02. The average Bonchev–Trinajstić information content (AvgIpc) is 3.54. The van der Waals surface area contributed by atoms with Crippen LogP contribution in [-0.2, 0) is 28.5 Å². The first-order valence-electron chi connectivity index (χ1n) is 12.7. The molecule has 0 aromatic carbocycles. The van der Waals surface area contributed by atoms with E-state index >= 15 is 0 Å². The Bertz CT molecular complexity index is 834. The van der Waals surface area contributed by atoms with Crippen molar-refractivity contribution in [3.05, 3.63) is 36.0 Å². The SMILES string of the molecule is CC(=O)O[C@@H](C)C=CC(=O)N[C@@H]1C[C@H](C)[C@H](CC=C(C)C=C[C@@H]2C[C@]3(CO3)C[C@@H](CN)O2)O[C@@H]1C. The van der Waals surface area contributed by atoms with Crippen LogP contribution in [0.25, 0.3) is 0 Å². The molecule has 0 aromatic heterocycles. The molecule has 3 saturated heterocycles. The smallest absolute Gasteiger partial charge is 0.303 e. The Morgan fingerprint density at radius 1 is 1.20 bits per heavy atom. The number of nitrogens with one attached hydrogen (secondary N) is 1. The number of esters is 1. The Morgan fingerprint density at radius 2 is 1.94 bits per heavy atom. The number of carbonyl (C=O) groups excluding carboxylic acids is 2. The van der Waals surface area contributed by atoms with E-state index in [1.54, 1.807) is 13.0 Å². The first kappa shape index (κ1) is 27.6. The molecule has 8 heteroatoms. The molecule has 196 valence electrons. The summed E-state index contributed by atoms with van der Waals surface area (Å²) < 4.78 is 23.0. The van der Waals surface area contributed by atoms with Gasteiger partial charge in [0.1, 0.15) is 6.10 Å². The number of allylic oxidation sites excluding steroid dienone is 2. The van der Waals surface area contributed by atoms with Crippen molar-refractivity contribution in [1.29, 1.82) is 0 Å². The molecule has 3 rings (SSSR count). The van der Waals surface area contributed by atoms with E-state index in [9.17, 15) is 9.59 Å². The standard InChI is InChI=1S/C27H42N2O6/c1-17(6-9-22-13-27(16-32-27)14-23(15-28)35-22)7-10-25-18(2)12-24(20(4)34-25)29-26(31)11-8-19(3)33-21(5)30/h6-9,11,18-20,22-25H,10,12-16,28H2,1-5H3,(H,29,31)/t18-,19-,20+,22+,23-,24+,25-,27+/m0/s1. The van der Waals surface area contributed by atoms with Gasteiger partial charge in [-0.25, -0.2) is 0 Å². The third-order valence-electron chi connectivity index (χ3n) is 7.02. The third kappa shape index (κ3) is 8.56. The van der Waals surface area contributed by atoms with Crippen LogP contribution in [0.5, 0.6) is 0 Å². The van der Waals surface area contributed by atoms with Gasteiger partial charge < -0.3 is 30.0 Å². The van der Waals surface area contributed by atoms with E-state index in [2.05, 4.69) is 37.4 Å². The molecule has 0 saturated carbocycles. The van der Waals surface area contributed by atoms with Crippen molar-refractivity contribution >= 4 is 11.9 Å². The van der Waals surface area contributed by atoms with Gasteiger partial charge in [-0.1, -0.05) is 30.7 Å². The normalized spacial score (nSPS) is 36.5. The quantitative estimate of drug-likeness (QED) is 0.221. The summed E-state index contributed by atoms with van der Waals surface area (Å²) in [4.78, 5) is 23.3. The Kier molecular flexibility index (Phi) is 9.69. The van der Waals surface area contributed by atoms with Crippen LogP contribution in [0.2, 0.25) is 0 Å². The minimum atomic E-state index is -0.444. The van der Waals surface area contributed by atoms with Gasteiger partial charge in [-0.05, 0) is 45.6 Å². The highest BCUT2D eigenvalue weighted by Crippen LogP contribution is 2.42. The van der Waals surface area contributed by atoms with Gasteiger partial charge in [-0.2, -0.15) is 0 Å². The van der Waals surface area contributed by atoms with Gasteiger partial charge in [-0.15, -0.1) is 0 Å². The largest absolute Gasteiger partial charge is 0.459 e. The van der Waals surface area contributed by atoms with Crippen LogP contribution in [0, 0.1) is 5.92 Å². The predicted octanol–water partition coefficient (Wildman–Crippen LogP) is 2.96. The van der Waals surface area contributed by atoms with Gasteiger partial charge in [0.05, 0.1) is 42.7 Å². The van der Waals surface area contributed by atoms with Crippen LogP contribution in [0.15, 0.2) is 36.0 Å². The fourth-order valence-electron chi connectivity index (χ4n) is 4.90. The van der Waals surface area contributed by atoms with Crippen molar-refractivity contribution in [1.82, 2.24) is 5.32 Å². The highest BCUT2D eigenvalue weighted by atomic mass is 16.6. The molecule has 0 aliphatic carbocycles. The lowest BCUT2D eigenvalue weighted by Gasteiger charge is -2.39. The number of epoxide rings is 1. The van der Waals surface area contributed by atoms with Crippen molar-refractivity contribution in [2.24, 2.45) is 11.7 Å². The maximum Gasteiger partial charge on any atom is 0.303 e. The van der Waals surface area contributed by atoms with E-state index < -0.39 is 6.10 Å².